The Morgan fingerprint density at radius 2 is 1.62 bits per heavy atom. The van der Waals surface area contributed by atoms with Crippen LogP contribution in [0.5, 0.6) is 0 Å². The maximum absolute atomic E-state index is 13.7. The predicted octanol–water partition coefficient (Wildman–Crippen LogP) is 3.53. The minimum Gasteiger partial charge on any atom is -0.354 e. The Bertz CT molecular complexity index is 810. The van der Waals surface area contributed by atoms with Gasteiger partial charge < -0.3 is 10.6 Å². The first-order valence-electron chi connectivity index (χ1n) is 9.64. The number of carbonyl (C=O) groups is 2. The molecule has 0 radical (unpaired) electrons. The second kappa shape index (κ2) is 10.7. The summed E-state index contributed by atoms with van der Waals surface area (Å²) < 4.78 is 27.4. The Balaban J connectivity index is 1.90. The summed E-state index contributed by atoms with van der Waals surface area (Å²) in [5.74, 6) is -2.34. The molecule has 2 atom stereocenters. The van der Waals surface area contributed by atoms with Crippen molar-refractivity contribution in [1.82, 2.24) is 10.2 Å². The second-order valence-electron chi connectivity index (χ2n) is 6.94. The molecule has 0 spiro atoms. The predicted molar refractivity (Wildman–Crippen MR) is 110 cm³/mol. The van der Waals surface area contributed by atoms with Crippen LogP contribution in [-0.4, -0.2) is 42.4 Å². The van der Waals surface area contributed by atoms with E-state index >= 15 is 0 Å². The lowest BCUT2D eigenvalue weighted by Gasteiger charge is -2.27. The number of likely N-dealkylation sites (N-methyl/N-ethyl adjacent to an activating group) is 1. The first kappa shape index (κ1) is 22.5. The quantitative estimate of drug-likeness (QED) is 0.673. The summed E-state index contributed by atoms with van der Waals surface area (Å²) in [6.07, 6.45) is 0. The fraction of sp³-hybridized carbons (Fsp3) is 0.364. The van der Waals surface area contributed by atoms with Gasteiger partial charge in [-0.1, -0.05) is 50.2 Å². The molecule has 29 heavy (non-hydrogen) atoms. The van der Waals surface area contributed by atoms with Crippen molar-refractivity contribution < 1.29 is 18.4 Å². The topological polar surface area (TPSA) is 61.4 Å². The third kappa shape index (κ3) is 6.35. The van der Waals surface area contributed by atoms with Crippen LogP contribution in [0.2, 0.25) is 0 Å². The van der Waals surface area contributed by atoms with Gasteiger partial charge in [-0.3, -0.25) is 14.5 Å². The van der Waals surface area contributed by atoms with Crippen molar-refractivity contribution in [3.8, 4) is 0 Å². The van der Waals surface area contributed by atoms with Gasteiger partial charge in [0.25, 0.3) is 0 Å². The highest BCUT2D eigenvalue weighted by atomic mass is 19.1. The normalized spacial score (nSPS) is 13.0. The summed E-state index contributed by atoms with van der Waals surface area (Å²) in [6.45, 7) is 6.27. The molecule has 7 heteroatoms. The Labute approximate surface area is 170 Å². The van der Waals surface area contributed by atoms with Crippen LogP contribution in [0.4, 0.5) is 14.5 Å². The van der Waals surface area contributed by atoms with Crippen molar-refractivity contribution in [1.29, 1.82) is 0 Å². The van der Waals surface area contributed by atoms with Crippen LogP contribution in [0.3, 0.4) is 0 Å². The molecule has 0 saturated carbocycles. The molecule has 0 bridgehead atoms. The highest BCUT2D eigenvalue weighted by molar-refractivity contribution is 5.93. The number of para-hydroxylation sites is 1. The van der Waals surface area contributed by atoms with Crippen molar-refractivity contribution in [3.63, 3.8) is 0 Å². The summed E-state index contributed by atoms with van der Waals surface area (Å²) >= 11 is 0. The maximum Gasteiger partial charge on any atom is 0.238 e. The first-order valence-corrected chi connectivity index (χ1v) is 9.64. The van der Waals surface area contributed by atoms with Crippen molar-refractivity contribution in [2.24, 2.45) is 0 Å². The van der Waals surface area contributed by atoms with Gasteiger partial charge in [0.05, 0.1) is 12.6 Å². The van der Waals surface area contributed by atoms with E-state index in [0.717, 1.165) is 17.7 Å². The zero-order valence-corrected chi connectivity index (χ0v) is 16.9. The summed E-state index contributed by atoms with van der Waals surface area (Å²) in [5, 5.41) is 5.15. The van der Waals surface area contributed by atoms with Crippen molar-refractivity contribution in [3.05, 3.63) is 65.7 Å². The van der Waals surface area contributed by atoms with E-state index in [4.69, 9.17) is 0 Å². The molecule has 0 aliphatic carbocycles. The zero-order valence-electron chi connectivity index (χ0n) is 16.9. The Kier molecular flexibility index (Phi) is 8.27. The summed E-state index contributed by atoms with van der Waals surface area (Å²) in [5.41, 5.74) is 0.640. The fourth-order valence-electron chi connectivity index (χ4n) is 2.97. The number of rotatable bonds is 9. The smallest absolute Gasteiger partial charge is 0.238 e. The van der Waals surface area contributed by atoms with Crippen LogP contribution >= 0.6 is 0 Å². The Morgan fingerprint density at radius 1 is 1.00 bits per heavy atom. The molecular formula is C22H27F2N3O2. The van der Waals surface area contributed by atoms with E-state index in [0.29, 0.717) is 13.1 Å². The molecule has 5 nitrogen and oxygen atoms in total. The van der Waals surface area contributed by atoms with Crippen molar-refractivity contribution in [2.75, 3.05) is 25.0 Å². The second-order valence-corrected chi connectivity index (χ2v) is 6.94. The number of amides is 2. The number of anilines is 1. The first-order chi connectivity index (χ1) is 13.8. The average Bonchev–Trinajstić information content (AvgIpc) is 2.72. The van der Waals surface area contributed by atoms with Gasteiger partial charge in [0, 0.05) is 6.54 Å². The zero-order chi connectivity index (χ0) is 21.4. The highest BCUT2D eigenvalue weighted by Gasteiger charge is 2.23. The Morgan fingerprint density at radius 3 is 2.21 bits per heavy atom. The molecule has 0 saturated heterocycles. The molecule has 156 valence electrons. The Hall–Kier alpha value is -2.80. The van der Waals surface area contributed by atoms with E-state index in [1.165, 1.54) is 6.07 Å². The summed E-state index contributed by atoms with van der Waals surface area (Å²) in [7, 11) is 0. The van der Waals surface area contributed by atoms with Gasteiger partial charge in [0.2, 0.25) is 11.8 Å². The summed E-state index contributed by atoms with van der Waals surface area (Å²) in [6, 6.07) is 12.6. The van der Waals surface area contributed by atoms with E-state index < -0.39 is 29.3 Å². The molecule has 0 heterocycles. The van der Waals surface area contributed by atoms with Gasteiger partial charge in [-0.2, -0.15) is 0 Å². The molecular weight excluding hydrogens is 376 g/mol. The van der Waals surface area contributed by atoms with Gasteiger partial charge in [-0.25, -0.2) is 8.78 Å². The van der Waals surface area contributed by atoms with E-state index in [-0.39, 0.29) is 18.4 Å². The van der Waals surface area contributed by atoms with Gasteiger partial charge in [0.1, 0.15) is 17.3 Å². The standard InChI is InChI=1S/C22H27F2N3O2/c1-4-27(14-20(28)26-21-18(23)11-8-12-19(21)24)16(3)22(29)25-13-15(2)17-9-6-5-7-10-17/h5-12,15-16H,4,13-14H2,1-3H3,(H,25,29)(H,26,28). The summed E-state index contributed by atoms with van der Waals surface area (Å²) in [4.78, 5) is 26.4. The molecule has 2 amide bonds. The maximum atomic E-state index is 13.7. The number of nitrogens with zero attached hydrogens (tertiary/aromatic N) is 1. The van der Waals surface area contributed by atoms with Crippen molar-refractivity contribution in [2.45, 2.75) is 32.7 Å². The number of carbonyl (C=O) groups excluding carboxylic acids is 2. The van der Waals surface area contributed by atoms with E-state index in [2.05, 4.69) is 10.6 Å². The monoisotopic (exact) mass is 403 g/mol. The lowest BCUT2D eigenvalue weighted by Crippen LogP contribution is -2.48. The van der Waals surface area contributed by atoms with Gasteiger partial charge in [-0.15, -0.1) is 0 Å². The number of nitrogens with one attached hydrogen (secondary N) is 2. The number of hydrogen-bond donors (Lipinski definition) is 2. The minimum absolute atomic E-state index is 0.148. The van der Waals surface area contributed by atoms with Crippen LogP contribution in [0.1, 0.15) is 32.3 Å². The van der Waals surface area contributed by atoms with E-state index in [9.17, 15) is 18.4 Å². The number of hydrogen-bond acceptors (Lipinski definition) is 3. The molecule has 2 aromatic carbocycles. The number of benzene rings is 2. The third-order valence-electron chi connectivity index (χ3n) is 4.86. The van der Waals surface area contributed by atoms with Crippen LogP contribution in [-0.2, 0) is 9.59 Å². The van der Waals surface area contributed by atoms with E-state index in [1.54, 1.807) is 11.8 Å². The van der Waals surface area contributed by atoms with E-state index in [1.807, 2.05) is 44.2 Å². The largest absolute Gasteiger partial charge is 0.354 e. The van der Waals surface area contributed by atoms with Crippen LogP contribution in [0.15, 0.2) is 48.5 Å². The van der Waals surface area contributed by atoms with Gasteiger partial charge >= 0.3 is 0 Å². The van der Waals surface area contributed by atoms with Crippen LogP contribution < -0.4 is 10.6 Å². The molecule has 0 aromatic heterocycles. The molecule has 2 rings (SSSR count). The SMILES string of the molecule is CCN(CC(=O)Nc1c(F)cccc1F)C(C)C(=O)NCC(C)c1ccccc1. The molecule has 0 aliphatic rings. The van der Waals surface area contributed by atoms with Crippen molar-refractivity contribution >= 4 is 17.5 Å². The number of halogens is 2. The van der Waals surface area contributed by atoms with Crippen LogP contribution in [0, 0.1) is 11.6 Å². The highest BCUT2D eigenvalue weighted by Crippen LogP contribution is 2.18. The lowest BCUT2D eigenvalue weighted by molar-refractivity contribution is -0.127. The lowest BCUT2D eigenvalue weighted by atomic mass is 10.0. The average molecular weight is 403 g/mol. The fourth-order valence-corrected chi connectivity index (χ4v) is 2.97. The van der Waals surface area contributed by atoms with Gasteiger partial charge in [0.15, 0.2) is 0 Å². The minimum atomic E-state index is -0.845. The third-order valence-corrected chi connectivity index (χ3v) is 4.86. The molecule has 0 aliphatic heterocycles. The van der Waals surface area contributed by atoms with Crippen LogP contribution in [0.25, 0.3) is 0 Å². The molecule has 2 unspecified atom stereocenters. The molecule has 2 aromatic rings. The van der Waals surface area contributed by atoms with Gasteiger partial charge in [-0.05, 0) is 37.1 Å². The molecule has 0 fully saturated rings. The molecule has 2 N–H and O–H groups in total.